The first-order valence-electron chi connectivity index (χ1n) is 9.60. The van der Waals surface area contributed by atoms with Crippen LogP contribution in [0.4, 0.5) is 0 Å². The Kier molecular flexibility index (Phi) is 6.06. The van der Waals surface area contributed by atoms with Gasteiger partial charge in [-0.15, -0.1) is 0 Å². The van der Waals surface area contributed by atoms with Crippen LogP contribution in [0.2, 0.25) is 0 Å². The van der Waals surface area contributed by atoms with Crippen molar-refractivity contribution < 1.29 is 14.3 Å². The summed E-state index contributed by atoms with van der Waals surface area (Å²) < 4.78 is 13.9. The highest BCUT2D eigenvalue weighted by Crippen LogP contribution is 2.26. The third kappa shape index (κ3) is 4.21. The topological polar surface area (TPSA) is 78.6 Å². The van der Waals surface area contributed by atoms with Crippen molar-refractivity contribution in [2.75, 3.05) is 26.8 Å². The second kappa shape index (κ2) is 8.50. The van der Waals surface area contributed by atoms with Crippen LogP contribution in [0.25, 0.3) is 0 Å². The lowest BCUT2D eigenvalue weighted by atomic mass is 9.97. The zero-order valence-corrected chi connectivity index (χ0v) is 16.9. The number of carbonyl (C=O) groups is 1. The van der Waals surface area contributed by atoms with Crippen LogP contribution < -0.4 is 15.2 Å². The van der Waals surface area contributed by atoms with Gasteiger partial charge in [0.25, 0.3) is 5.91 Å². The quantitative estimate of drug-likeness (QED) is 0.756. The molecule has 1 fully saturated rings. The molecule has 1 atom stereocenters. The van der Waals surface area contributed by atoms with E-state index in [9.17, 15) is 9.59 Å². The van der Waals surface area contributed by atoms with E-state index in [2.05, 4.69) is 5.10 Å². The summed E-state index contributed by atoms with van der Waals surface area (Å²) >= 11 is 0. The number of rotatable bonds is 6. The molecule has 8 nitrogen and oxygen atoms in total. The summed E-state index contributed by atoms with van der Waals surface area (Å²) in [5, 5.41) is 4.45. The predicted molar refractivity (Wildman–Crippen MR) is 105 cm³/mol. The van der Waals surface area contributed by atoms with Crippen molar-refractivity contribution >= 4 is 5.91 Å². The molecule has 1 aromatic carbocycles. The third-order valence-electron chi connectivity index (χ3n) is 5.04. The van der Waals surface area contributed by atoms with Gasteiger partial charge in [0.15, 0.2) is 6.61 Å². The lowest BCUT2D eigenvalue weighted by molar-refractivity contribution is -0.134. The first kappa shape index (κ1) is 20.0. The van der Waals surface area contributed by atoms with E-state index in [4.69, 9.17) is 9.47 Å². The van der Waals surface area contributed by atoms with E-state index in [0.29, 0.717) is 24.6 Å². The molecule has 0 bridgehead atoms. The molecule has 1 unspecified atom stereocenters. The number of carbonyl (C=O) groups excluding carboxylic acids is 1. The van der Waals surface area contributed by atoms with Crippen molar-refractivity contribution in [3.05, 3.63) is 40.6 Å². The lowest BCUT2D eigenvalue weighted by Gasteiger charge is -2.32. The molecule has 0 N–H and O–H groups in total. The van der Waals surface area contributed by atoms with Crippen LogP contribution in [-0.4, -0.2) is 52.0 Å². The van der Waals surface area contributed by atoms with Gasteiger partial charge in [0.05, 0.1) is 7.11 Å². The van der Waals surface area contributed by atoms with Crippen molar-refractivity contribution in [3.63, 3.8) is 0 Å². The number of amides is 1. The summed E-state index contributed by atoms with van der Waals surface area (Å²) in [5.74, 6) is 2.02. The maximum atomic E-state index is 12.7. The zero-order chi connectivity index (χ0) is 20.3. The molecule has 0 spiro atoms. The smallest absolute Gasteiger partial charge is 0.345 e. The van der Waals surface area contributed by atoms with E-state index >= 15 is 0 Å². The van der Waals surface area contributed by atoms with Crippen molar-refractivity contribution in [1.29, 1.82) is 0 Å². The maximum absolute atomic E-state index is 12.7. The Morgan fingerprint density at radius 3 is 2.79 bits per heavy atom. The van der Waals surface area contributed by atoms with Crippen molar-refractivity contribution in [1.82, 2.24) is 19.2 Å². The average molecular weight is 388 g/mol. The number of methoxy groups -OCH3 is 1. The fourth-order valence-electron chi connectivity index (χ4n) is 3.60. The summed E-state index contributed by atoms with van der Waals surface area (Å²) in [6.45, 7) is 5.15. The first-order chi connectivity index (χ1) is 13.4. The number of hydrogen-bond donors (Lipinski definition) is 0. The minimum atomic E-state index is -0.116. The Labute approximate surface area is 164 Å². The van der Waals surface area contributed by atoms with E-state index < -0.39 is 0 Å². The number of aryl methyl sites for hydroxylation is 1. The normalized spacial score (nSPS) is 17.0. The minimum Gasteiger partial charge on any atom is -0.497 e. The standard InChI is InChI=1S/C20H28N4O4/c1-14(2)24-19(21-22(3)20(24)26)15-7-6-10-23(12-15)18(25)13-28-17-9-5-8-16(11-17)27-4/h5,8-9,11,14-15H,6-7,10,12-13H2,1-4H3. The lowest BCUT2D eigenvalue weighted by Crippen LogP contribution is -2.42. The third-order valence-corrected chi connectivity index (χ3v) is 5.04. The molecule has 8 heteroatoms. The monoisotopic (exact) mass is 388 g/mol. The molecular formula is C20H28N4O4. The van der Waals surface area contributed by atoms with Crippen LogP contribution in [0.15, 0.2) is 29.1 Å². The fourth-order valence-corrected chi connectivity index (χ4v) is 3.60. The summed E-state index contributed by atoms with van der Waals surface area (Å²) in [7, 11) is 3.25. The number of aromatic nitrogens is 3. The predicted octanol–water partition coefficient (Wildman–Crippen LogP) is 1.96. The highest BCUT2D eigenvalue weighted by Gasteiger charge is 2.30. The highest BCUT2D eigenvalue weighted by molar-refractivity contribution is 5.78. The molecule has 1 aliphatic rings. The van der Waals surface area contributed by atoms with Crippen molar-refractivity contribution in [2.24, 2.45) is 7.05 Å². The Morgan fingerprint density at radius 2 is 2.07 bits per heavy atom. The van der Waals surface area contributed by atoms with Gasteiger partial charge in [-0.3, -0.25) is 9.36 Å². The van der Waals surface area contributed by atoms with Gasteiger partial charge in [0.1, 0.15) is 17.3 Å². The number of hydrogen-bond acceptors (Lipinski definition) is 5. The second-order valence-electron chi connectivity index (χ2n) is 7.37. The average Bonchev–Trinajstić information content (AvgIpc) is 3.01. The molecule has 1 aliphatic heterocycles. The van der Waals surface area contributed by atoms with Crippen LogP contribution in [0.1, 0.15) is 44.5 Å². The molecule has 0 radical (unpaired) electrons. The summed E-state index contributed by atoms with van der Waals surface area (Å²) in [4.78, 5) is 26.8. The van der Waals surface area contributed by atoms with E-state index in [0.717, 1.165) is 18.7 Å². The van der Waals surface area contributed by atoms with Gasteiger partial charge in [-0.25, -0.2) is 9.48 Å². The molecule has 0 saturated carbocycles. The second-order valence-corrected chi connectivity index (χ2v) is 7.37. The number of likely N-dealkylation sites (tertiary alicyclic amines) is 1. The molecule has 2 aromatic rings. The molecule has 3 rings (SSSR count). The number of ether oxygens (including phenoxy) is 2. The molecule has 152 valence electrons. The first-order valence-corrected chi connectivity index (χ1v) is 9.60. The fraction of sp³-hybridized carbons (Fsp3) is 0.550. The van der Waals surface area contributed by atoms with E-state index in [1.807, 2.05) is 26.0 Å². The minimum absolute atomic E-state index is 0.0265. The summed E-state index contributed by atoms with van der Waals surface area (Å²) in [6.07, 6.45) is 1.78. The SMILES string of the molecule is COc1cccc(OCC(=O)N2CCCC(c3nn(C)c(=O)n3C(C)C)C2)c1. The van der Waals surface area contributed by atoms with Crippen molar-refractivity contribution in [3.8, 4) is 11.5 Å². The van der Waals surface area contributed by atoms with E-state index in [1.165, 1.54) is 4.68 Å². The summed E-state index contributed by atoms with van der Waals surface area (Å²) in [5.41, 5.74) is -0.116. The Morgan fingerprint density at radius 1 is 1.32 bits per heavy atom. The van der Waals surface area contributed by atoms with Gasteiger partial charge in [-0.05, 0) is 38.8 Å². The molecule has 1 saturated heterocycles. The van der Waals surface area contributed by atoms with Crippen LogP contribution in [0.5, 0.6) is 11.5 Å². The van der Waals surface area contributed by atoms with Gasteiger partial charge in [-0.1, -0.05) is 6.07 Å². The molecular weight excluding hydrogens is 360 g/mol. The largest absolute Gasteiger partial charge is 0.497 e. The number of benzene rings is 1. The Hall–Kier alpha value is -2.77. The zero-order valence-electron chi connectivity index (χ0n) is 16.9. The number of nitrogens with zero attached hydrogens (tertiary/aromatic N) is 4. The van der Waals surface area contributed by atoms with Gasteiger partial charge in [-0.2, -0.15) is 5.10 Å². The van der Waals surface area contributed by atoms with Gasteiger partial charge >= 0.3 is 5.69 Å². The Bertz CT molecular complexity index is 887. The summed E-state index contributed by atoms with van der Waals surface area (Å²) in [6, 6.07) is 7.22. The van der Waals surface area contributed by atoms with Gasteiger partial charge < -0.3 is 14.4 Å². The van der Waals surface area contributed by atoms with E-state index in [1.54, 1.807) is 35.8 Å². The molecule has 2 heterocycles. The number of piperidine rings is 1. The van der Waals surface area contributed by atoms with Crippen molar-refractivity contribution in [2.45, 2.75) is 38.6 Å². The van der Waals surface area contributed by atoms with E-state index in [-0.39, 0.29) is 30.2 Å². The van der Waals surface area contributed by atoms with Crippen LogP contribution >= 0.6 is 0 Å². The van der Waals surface area contributed by atoms with Crippen LogP contribution in [-0.2, 0) is 11.8 Å². The van der Waals surface area contributed by atoms with Gasteiger partial charge in [0.2, 0.25) is 0 Å². The Balaban J connectivity index is 1.67. The maximum Gasteiger partial charge on any atom is 0.345 e. The van der Waals surface area contributed by atoms with Crippen LogP contribution in [0, 0.1) is 0 Å². The van der Waals surface area contributed by atoms with Gasteiger partial charge in [0, 0.05) is 38.2 Å². The molecule has 1 amide bonds. The highest BCUT2D eigenvalue weighted by atomic mass is 16.5. The van der Waals surface area contributed by atoms with Crippen LogP contribution in [0.3, 0.4) is 0 Å². The molecule has 0 aliphatic carbocycles. The molecule has 1 aromatic heterocycles. The molecule has 28 heavy (non-hydrogen) atoms.